The minimum absolute atomic E-state index is 0.0231. The van der Waals surface area contributed by atoms with E-state index in [1.165, 1.54) is 44.8 Å². The Bertz CT molecular complexity index is 1260. The number of nitrogens with one attached hydrogen (secondary N) is 2. The maximum Gasteiger partial charge on any atom is 0.421 e. The highest BCUT2D eigenvalue weighted by molar-refractivity contribution is 7.80. The first-order chi connectivity index (χ1) is 16.5. The minimum Gasteiger partial charge on any atom is -0.495 e. The monoisotopic (exact) mass is 513 g/mol. The number of aromatic nitrogens is 4. The predicted octanol–water partition coefficient (Wildman–Crippen LogP) is 2.92. The first-order valence-corrected chi connectivity index (χ1v) is 10.6. The van der Waals surface area contributed by atoms with E-state index < -0.39 is 34.8 Å². The average molecular weight is 513 g/mol. The van der Waals surface area contributed by atoms with Crippen molar-refractivity contribution >= 4 is 40.5 Å². The number of carbonyl (C=O) groups is 1. The molecule has 0 spiro atoms. The highest BCUT2D eigenvalue weighted by Gasteiger charge is 2.35. The molecule has 1 atom stereocenters. The Hall–Kier alpha value is -4.05. The number of methoxy groups -OCH3 is 1. The molecule has 2 heterocycles. The molecule has 0 amide bonds. The van der Waals surface area contributed by atoms with E-state index in [-0.39, 0.29) is 41.0 Å². The number of hydrogen-bond acceptors (Lipinski definition) is 9. The van der Waals surface area contributed by atoms with Gasteiger partial charge < -0.3 is 20.5 Å². The summed E-state index contributed by atoms with van der Waals surface area (Å²) < 4.78 is 67.4. The molecule has 4 N–H and O–H groups in total. The van der Waals surface area contributed by atoms with Crippen molar-refractivity contribution in [1.29, 1.82) is 0 Å². The summed E-state index contributed by atoms with van der Waals surface area (Å²) in [5.74, 6) is -1.95. The number of hydrogen-bond donors (Lipinski definition) is 4. The summed E-state index contributed by atoms with van der Waals surface area (Å²) in [6.45, 7) is -0.319. The smallest absolute Gasteiger partial charge is 0.421 e. The molecule has 0 radical (unpaired) electrons. The van der Waals surface area contributed by atoms with Crippen LogP contribution in [0.5, 0.6) is 5.75 Å². The molecule has 0 saturated carbocycles. The van der Waals surface area contributed by atoms with Gasteiger partial charge in [0.25, 0.3) is 11.3 Å². The number of aromatic carboxylic acids is 1. The van der Waals surface area contributed by atoms with Crippen molar-refractivity contribution < 1.29 is 36.6 Å². The highest BCUT2D eigenvalue weighted by atomic mass is 32.2. The van der Waals surface area contributed by atoms with Crippen LogP contribution in [0.2, 0.25) is 0 Å². The van der Waals surface area contributed by atoms with Gasteiger partial charge >= 0.3 is 12.1 Å². The third-order valence-electron chi connectivity index (χ3n) is 4.50. The summed E-state index contributed by atoms with van der Waals surface area (Å²) in [7, 11) is 2.56. The molecule has 3 rings (SSSR count). The fraction of sp³-hybridized carbons (Fsp3) is 0.211. The number of alkyl halides is 3. The highest BCUT2D eigenvalue weighted by Crippen LogP contribution is 2.35. The van der Waals surface area contributed by atoms with Crippen molar-refractivity contribution in [1.82, 2.24) is 19.9 Å². The Morgan fingerprint density at radius 2 is 1.94 bits per heavy atom. The number of carboxylic acids is 1. The lowest BCUT2D eigenvalue weighted by molar-refractivity contribution is -0.137. The summed E-state index contributed by atoms with van der Waals surface area (Å²) in [6, 6.07) is 3.85. The molecule has 0 aliphatic rings. The molecule has 16 heteroatoms. The quantitative estimate of drug-likeness (QED) is 0.311. The van der Waals surface area contributed by atoms with Crippen molar-refractivity contribution in [2.45, 2.75) is 12.7 Å². The van der Waals surface area contributed by atoms with Gasteiger partial charge in [0.2, 0.25) is 5.95 Å². The van der Waals surface area contributed by atoms with Gasteiger partial charge in [-0.15, -0.1) is 0 Å². The fourth-order valence-electron chi connectivity index (χ4n) is 2.82. The SMILES string of the molecule is COc1cc(C(=O)O)ccc1Nc1ncc(C(F)(F)F)c(NCc2nccnc2N(C)S(=O)O)n1. The summed E-state index contributed by atoms with van der Waals surface area (Å²) in [6.07, 6.45) is -1.68. The zero-order valence-corrected chi connectivity index (χ0v) is 18.9. The molecule has 35 heavy (non-hydrogen) atoms. The van der Waals surface area contributed by atoms with Gasteiger partial charge in [0, 0.05) is 25.6 Å². The van der Waals surface area contributed by atoms with Crippen molar-refractivity contribution in [3.8, 4) is 5.75 Å². The van der Waals surface area contributed by atoms with Crippen LogP contribution in [0.1, 0.15) is 21.6 Å². The van der Waals surface area contributed by atoms with E-state index in [0.29, 0.717) is 6.20 Å². The normalized spacial score (nSPS) is 12.1. The van der Waals surface area contributed by atoms with Crippen LogP contribution in [-0.4, -0.2) is 53.9 Å². The molecule has 0 aliphatic heterocycles. The third-order valence-corrected chi connectivity index (χ3v) is 5.14. The number of nitrogens with zero attached hydrogens (tertiary/aromatic N) is 5. The van der Waals surface area contributed by atoms with Crippen LogP contribution in [-0.2, 0) is 24.0 Å². The summed E-state index contributed by atoms with van der Waals surface area (Å²) in [5, 5.41) is 14.3. The average Bonchev–Trinajstić information content (AvgIpc) is 2.81. The number of benzene rings is 1. The zero-order chi connectivity index (χ0) is 25.8. The van der Waals surface area contributed by atoms with Crippen LogP contribution in [0.25, 0.3) is 0 Å². The van der Waals surface area contributed by atoms with E-state index in [4.69, 9.17) is 9.84 Å². The number of rotatable bonds is 9. The Labute approximate surface area is 198 Å². The first-order valence-electron chi connectivity index (χ1n) is 9.52. The van der Waals surface area contributed by atoms with Gasteiger partial charge in [-0.1, -0.05) is 0 Å². The largest absolute Gasteiger partial charge is 0.495 e. The van der Waals surface area contributed by atoms with E-state index in [2.05, 4.69) is 30.6 Å². The Kier molecular flexibility index (Phi) is 7.65. The van der Waals surface area contributed by atoms with E-state index in [1.807, 2.05) is 0 Å². The van der Waals surface area contributed by atoms with Crippen LogP contribution in [0.3, 0.4) is 0 Å². The van der Waals surface area contributed by atoms with E-state index in [1.54, 1.807) is 0 Å². The van der Waals surface area contributed by atoms with Crippen LogP contribution in [0.15, 0.2) is 36.8 Å². The number of halogens is 3. The summed E-state index contributed by atoms with van der Waals surface area (Å²) in [5.41, 5.74) is -0.923. The lowest BCUT2D eigenvalue weighted by atomic mass is 10.2. The maximum atomic E-state index is 13.6. The Balaban J connectivity index is 1.93. The molecule has 3 aromatic rings. The van der Waals surface area contributed by atoms with Crippen LogP contribution in [0, 0.1) is 0 Å². The predicted molar refractivity (Wildman–Crippen MR) is 119 cm³/mol. The third kappa shape index (κ3) is 6.10. The molecular weight excluding hydrogens is 495 g/mol. The van der Waals surface area contributed by atoms with Crippen LogP contribution >= 0.6 is 0 Å². The molecule has 0 saturated heterocycles. The molecule has 2 aromatic heterocycles. The van der Waals surface area contributed by atoms with Crippen molar-refractivity contribution in [2.24, 2.45) is 0 Å². The standard InChI is InChI=1S/C19H18F3N7O5S/c1-29(35(32)33)16-13(23-5-6-24-16)9-25-15-11(19(20,21)22)8-26-18(28-15)27-12-4-3-10(17(30)31)7-14(12)34-2/h3-8H,9H2,1-2H3,(H,30,31)(H,32,33)(H2,25,26,27,28). The molecular formula is C19H18F3N7O5S. The van der Waals surface area contributed by atoms with Gasteiger partial charge in [0.15, 0.2) is 5.82 Å². The Morgan fingerprint density at radius 3 is 2.57 bits per heavy atom. The second-order valence-corrected chi connectivity index (χ2v) is 7.72. The lowest BCUT2D eigenvalue weighted by Crippen LogP contribution is -2.23. The Morgan fingerprint density at radius 1 is 1.23 bits per heavy atom. The number of carboxylic acid groups (broad SMARTS) is 1. The molecule has 1 aromatic carbocycles. The molecule has 186 valence electrons. The van der Waals surface area contributed by atoms with Gasteiger partial charge in [-0.05, 0) is 18.2 Å². The maximum absolute atomic E-state index is 13.6. The molecule has 12 nitrogen and oxygen atoms in total. The zero-order valence-electron chi connectivity index (χ0n) is 18.1. The lowest BCUT2D eigenvalue weighted by Gasteiger charge is -2.18. The summed E-state index contributed by atoms with van der Waals surface area (Å²) in [4.78, 5) is 26.7. The van der Waals surface area contributed by atoms with Gasteiger partial charge in [0.1, 0.15) is 22.8 Å². The van der Waals surface area contributed by atoms with Gasteiger partial charge in [-0.2, -0.15) is 18.2 Å². The number of ether oxygens (including phenoxy) is 1. The summed E-state index contributed by atoms with van der Waals surface area (Å²) >= 11 is -2.43. The second kappa shape index (κ2) is 10.5. The van der Waals surface area contributed by atoms with E-state index >= 15 is 0 Å². The van der Waals surface area contributed by atoms with Crippen molar-refractivity contribution in [2.75, 3.05) is 29.1 Å². The van der Waals surface area contributed by atoms with Crippen LogP contribution in [0.4, 0.5) is 36.4 Å². The van der Waals surface area contributed by atoms with Gasteiger partial charge in [-0.25, -0.2) is 19.0 Å². The van der Waals surface area contributed by atoms with Gasteiger partial charge in [0.05, 0.1) is 24.9 Å². The first kappa shape index (κ1) is 25.6. The van der Waals surface area contributed by atoms with E-state index in [9.17, 15) is 26.7 Å². The van der Waals surface area contributed by atoms with Crippen molar-refractivity contribution in [3.05, 3.63) is 53.6 Å². The van der Waals surface area contributed by atoms with Gasteiger partial charge in [-0.3, -0.25) is 13.8 Å². The molecule has 0 fully saturated rings. The van der Waals surface area contributed by atoms with Crippen molar-refractivity contribution in [3.63, 3.8) is 0 Å². The molecule has 1 unspecified atom stereocenters. The van der Waals surface area contributed by atoms with Crippen LogP contribution < -0.4 is 19.7 Å². The fourth-order valence-corrected chi connectivity index (χ4v) is 3.12. The van der Waals surface area contributed by atoms with E-state index in [0.717, 1.165) is 4.31 Å². The topological polar surface area (TPSA) is 163 Å². The number of anilines is 4. The minimum atomic E-state index is -4.80. The molecule has 0 bridgehead atoms. The second-order valence-electron chi connectivity index (χ2n) is 6.71. The molecule has 0 aliphatic carbocycles.